The maximum atomic E-state index is 12.3. The molecule has 2 aromatic rings. The molecule has 1 fully saturated rings. The zero-order valence-electron chi connectivity index (χ0n) is 15.0. The summed E-state index contributed by atoms with van der Waals surface area (Å²) in [4.78, 5) is 18.3. The van der Waals surface area contributed by atoms with Crippen LogP contribution in [0.25, 0.3) is 0 Å². The molecule has 2 heterocycles. The number of amides is 1. The number of benzene rings is 1. The quantitative estimate of drug-likeness (QED) is 0.682. The van der Waals surface area contributed by atoms with Gasteiger partial charge in [-0.1, -0.05) is 30.3 Å². The fourth-order valence-corrected chi connectivity index (χ4v) is 3.08. The molecule has 1 aromatic carbocycles. The summed E-state index contributed by atoms with van der Waals surface area (Å²) in [5.41, 5.74) is 1.16. The molecular weight excluding hydrogens is 328 g/mol. The van der Waals surface area contributed by atoms with Crippen LogP contribution in [-0.4, -0.2) is 41.6 Å². The van der Waals surface area contributed by atoms with Gasteiger partial charge in [0.15, 0.2) is 0 Å². The normalized spacial score (nSPS) is 15.0. The Morgan fingerprint density at radius 1 is 1.12 bits per heavy atom. The van der Waals surface area contributed by atoms with Crippen LogP contribution in [0.4, 0.5) is 0 Å². The number of carbonyl (C=O) groups is 1. The number of rotatable bonds is 8. The number of nitrogens with zero attached hydrogens (tertiary/aromatic N) is 2. The number of aromatic nitrogens is 1. The van der Waals surface area contributed by atoms with E-state index in [-0.39, 0.29) is 12.0 Å². The molecule has 0 atom stereocenters. The van der Waals surface area contributed by atoms with Crippen molar-refractivity contribution in [2.45, 2.75) is 38.4 Å². The highest BCUT2D eigenvalue weighted by Crippen LogP contribution is 2.18. The average molecular weight is 354 g/mol. The first-order valence-corrected chi connectivity index (χ1v) is 9.27. The van der Waals surface area contributed by atoms with E-state index in [2.05, 4.69) is 4.98 Å². The van der Waals surface area contributed by atoms with Crippen LogP contribution in [0.5, 0.6) is 5.75 Å². The van der Waals surface area contributed by atoms with Crippen molar-refractivity contribution in [2.24, 2.45) is 0 Å². The molecule has 0 N–H and O–H groups in total. The Bertz CT molecular complexity index is 655. The minimum Gasteiger partial charge on any atom is -0.489 e. The Hall–Kier alpha value is -2.40. The number of carbonyl (C=O) groups excluding carboxylic acids is 1. The van der Waals surface area contributed by atoms with E-state index in [1.807, 2.05) is 47.4 Å². The van der Waals surface area contributed by atoms with Crippen LogP contribution in [0.3, 0.4) is 0 Å². The van der Waals surface area contributed by atoms with E-state index in [0.29, 0.717) is 19.6 Å². The van der Waals surface area contributed by atoms with Gasteiger partial charge in [0, 0.05) is 45.2 Å². The molecule has 0 unspecified atom stereocenters. The summed E-state index contributed by atoms with van der Waals surface area (Å²) in [6, 6.07) is 13.9. The van der Waals surface area contributed by atoms with Crippen molar-refractivity contribution >= 4 is 5.91 Å². The third-order valence-corrected chi connectivity index (χ3v) is 4.52. The average Bonchev–Trinajstić information content (AvgIpc) is 2.70. The molecule has 1 saturated heterocycles. The molecule has 5 heteroatoms. The molecule has 1 aliphatic rings. The molecule has 0 aliphatic carbocycles. The fourth-order valence-electron chi connectivity index (χ4n) is 3.08. The Labute approximate surface area is 155 Å². The molecule has 138 valence electrons. The van der Waals surface area contributed by atoms with E-state index in [1.165, 1.54) is 0 Å². The Kier molecular flexibility index (Phi) is 7.02. The summed E-state index contributed by atoms with van der Waals surface area (Å²) in [5.74, 6) is 1.01. The number of likely N-dealkylation sites (tertiary alicyclic amines) is 1. The van der Waals surface area contributed by atoms with E-state index in [4.69, 9.17) is 9.47 Å². The molecule has 0 bridgehead atoms. The first-order chi connectivity index (χ1) is 12.8. The largest absolute Gasteiger partial charge is 0.489 e. The summed E-state index contributed by atoms with van der Waals surface area (Å²) in [6.07, 6.45) is 6.67. The van der Waals surface area contributed by atoms with Gasteiger partial charge in [-0.3, -0.25) is 9.78 Å². The van der Waals surface area contributed by atoms with Crippen LogP contribution in [-0.2, 0) is 16.1 Å². The minimum atomic E-state index is 0.164. The van der Waals surface area contributed by atoms with Crippen LogP contribution in [0.1, 0.15) is 31.2 Å². The second-order valence-electron chi connectivity index (χ2n) is 6.53. The smallest absolute Gasteiger partial charge is 0.222 e. The summed E-state index contributed by atoms with van der Waals surface area (Å²) < 4.78 is 11.6. The van der Waals surface area contributed by atoms with Crippen LogP contribution in [0.15, 0.2) is 54.9 Å². The molecule has 0 saturated carbocycles. The highest BCUT2D eigenvalue weighted by atomic mass is 16.5. The molecule has 3 rings (SSSR count). The molecule has 26 heavy (non-hydrogen) atoms. The van der Waals surface area contributed by atoms with Crippen molar-refractivity contribution < 1.29 is 14.3 Å². The van der Waals surface area contributed by atoms with Crippen molar-refractivity contribution in [3.63, 3.8) is 0 Å². The summed E-state index contributed by atoms with van der Waals surface area (Å²) in [5, 5.41) is 0. The van der Waals surface area contributed by atoms with Gasteiger partial charge in [-0.25, -0.2) is 0 Å². The van der Waals surface area contributed by atoms with E-state index in [0.717, 1.165) is 43.7 Å². The Balaban J connectivity index is 1.29. The van der Waals surface area contributed by atoms with Gasteiger partial charge in [0.2, 0.25) is 5.91 Å². The maximum Gasteiger partial charge on any atom is 0.222 e. The van der Waals surface area contributed by atoms with Crippen molar-refractivity contribution in [2.75, 3.05) is 19.7 Å². The second kappa shape index (κ2) is 9.92. The second-order valence-corrected chi connectivity index (χ2v) is 6.53. The van der Waals surface area contributed by atoms with Crippen LogP contribution in [0.2, 0.25) is 0 Å². The first-order valence-electron chi connectivity index (χ1n) is 9.27. The number of hydrogen-bond acceptors (Lipinski definition) is 4. The lowest BCUT2D eigenvalue weighted by molar-refractivity contribution is -0.133. The van der Waals surface area contributed by atoms with Gasteiger partial charge in [-0.2, -0.15) is 0 Å². The fraction of sp³-hybridized carbons (Fsp3) is 0.429. The monoisotopic (exact) mass is 354 g/mol. The number of ether oxygens (including phenoxy) is 2. The van der Waals surface area contributed by atoms with Crippen LogP contribution < -0.4 is 4.74 Å². The zero-order valence-corrected chi connectivity index (χ0v) is 15.0. The van der Waals surface area contributed by atoms with Gasteiger partial charge in [0.05, 0.1) is 12.8 Å². The van der Waals surface area contributed by atoms with Gasteiger partial charge in [-0.15, -0.1) is 0 Å². The van der Waals surface area contributed by atoms with Crippen LogP contribution >= 0.6 is 0 Å². The lowest BCUT2D eigenvalue weighted by atomic mass is 10.1. The van der Waals surface area contributed by atoms with E-state index in [1.54, 1.807) is 12.4 Å². The van der Waals surface area contributed by atoms with Gasteiger partial charge < -0.3 is 14.4 Å². The molecule has 0 radical (unpaired) electrons. The van der Waals surface area contributed by atoms with Crippen molar-refractivity contribution in [3.8, 4) is 5.75 Å². The third kappa shape index (κ3) is 5.85. The number of hydrogen-bond donors (Lipinski definition) is 0. The predicted molar refractivity (Wildman–Crippen MR) is 99.8 cm³/mol. The van der Waals surface area contributed by atoms with E-state index in [9.17, 15) is 4.79 Å². The summed E-state index contributed by atoms with van der Waals surface area (Å²) in [6.45, 7) is 2.73. The molecule has 1 amide bonds. The molecule has 1 aliphatic heterocycles. The molecule has 1 aromatic heterocycles. The highest BCUT2D eigenvalue weighted by molar-refractivity contribution is 5.76. The van der Waals surface area contributed by atoms with Gasteiger partial charge >= 0.3 is 0 Å². The Morgan fingerprint density at radius 3 is 2.65 bits per heavy atom. The number of pyridine rings is 1. The Morgan fingerprint density at radius 2 is 1.92 bits per heavy atom. The van der Waals surface area contributed by atoms with Gasteiger partial charge in [0.1, 0.15) is 11.9 Å². The molecule has 0 spiro atoms. The standard InChI is InChI=1S/C21H26N2O3/c24-21(9-5-15-25-17-18-6-2-1-3-7-18)23-13-10-19(11-14-23)26-20-8-4-12-22-16-20/h1-4,6-8,12,16,19H,5,9-11,13-15,17H2. The minimum absolute atomic E-state index is 0.164. The van der Waals surface area contributed by atoms with Gasteiger partial charge in [-0.05, 0) is 24.1 Å². The third-order valence-electron chi connectivity index (χ3n) is 4.52. The lowest BCUT2D eigenvalue weighted by Gasteiger charge is -2.32. The summed E-state index contributed by atoms with van der Waals surface area (Å²) >= 11 is 0. The van der Waals surface area contributed by atoms with Crippen molar-refractivity contribution in [3.05, 3.63) is 60.4 Å². The predicted octanol–water partition coefficient (Wildman–Crippen LogP) is 3.45. The van der Waals surface area contributed by atoms with Crippen molar-refractivity contribution in [1.82, 2.24) is 9.88 Å². The first kappa shape index (κ1) is 18.4. The SMILES string of the molecule is O=C(CCCOCc1ccccc1)N1CCC(Oc2cccnc2)CC1. The molecular formula is C21H26N2O3. The topological polar surface area (TPSA) is 51.7 Å². The highest BCUT2D eigenvalue weighted by Gasteiger charge is 2.23. The van der Waals surface area contributed by atoms with E-state index >= 15 is 0 Å². The van der Waals surface area contributed by atoms with E-state index < -0.39 is 0 Å². The van der Waals surface area contributed by atoms with Crippen molar-refractivity contribution in [1.29, 1.82) is 0 Å². The maximum absolute atomic E-state index is 12.3. The van der Waals surface area contributed by atoms with Gasteiger partial charge in [0.25, 0.3) is 0 Å². The lowest BCUT2D eigenvalue weighted by Crippen LogP contribution is -2.41. The summed E-state index contributed by atoms with van der Waals surface area (Å²) in [7, 11) is 0. The zero-order chi connectivity index (χ0) is 18.0. The molecule has 5 nitrogen and oxygen atoms in total. The van der Waals surface area contributed by atoms with Crippen LogP contribution in [0, 0.1) is 0 Å². The number of piperidine rings is 1.